The van der Waals surface area contributed by atoms with Crippen LogP contribution in [0.4, 0.5) is 4.39 Å². The second-order valence-corrected chi connectivity index (χ2v) is 5.61. The van der Waals surface area contributed by atoms with Crippen LogP contribution in [0.5, 0.6) is 11.6 Å². The minimum absolute atomic E-state index is 0.100. The Hall–Kier alpha value is -2.61. The fourth-order valence-electron chi connectivity index (χ4n) is 2.05. The van der Waals surface area contributed by atoms with Crippen molar-refractivity contribution in [3.8, 4) is 29.0 Å². The summed E-state index contributed by atoms with van der Waals surface area (Å²) in [5.74, 6) is 0.0579. The zero-order chi connectivity index (χ0) is 17.1. The Bertz CT molecular complexity index is 937. The first kappa shape index (κ1) is 16.3. The van der Waals surface area contributed by atoms with Crippen LogP contribution in [-0.2, 0) is 0 Å². The van der Waals surface area contributed by atoms with Gasteiger partial charge in [-0.1, -0.05) is 29.3 Å². The summed E-state index contributed by atoms with van der Waals surface area (Å²) in [6, 6.07) is 16.1. The molecule has 0 saturated heterocycles. The normalized spacial score (nSPS) is 10.2. The summed E-state index contributed by atoms with van der Waals surface area (Å²) in [6.45, 7) is 0. The molecule has 0 amide bonds. The first-order valence-electron chi connectivity index (χ1n) is 6.87. The Balaban J connectivity index is 2.03. The topological polar surface area (TPSA) is 45.9 Å². The zero-order valence-corrected chi connectivity index (χ0v) is 13.6. The molecule has 0 saturated carbocycles. The third-order valence-corrected chi connectivity index (χ3v) is 4.05. The number of hydrogen-bond donors (Lipinski definition) is 0. The molecular weight excluding hydrogens is 350 g/mol. The van der Waals surface area contributed by atoms with Gasteiger partial charge in [0.25, 0.3) is 0 Å². The Labute approximate surface area is 147 Å². The predicted molar refractivity (Wildman–Crippen MR) is 90.9 cm³/mol. The summed E-state index contributed by atoms with van der Waals surface area (Å²) < 4.78 is 18.7. The molecule has 0 aliphatic heterocycles. The lowest BCUT2D eigenvalue weighted by Crippen LogP contribution is -1.95. The highest BCUT2D eigenvalue weighted by Gasteiger charge is 2.13. The standard InChI is InChI=1S/C18H9Cl2FN2O/c19-14-2-1-3-16(17(14)20)24-18-12(10-22)6-9-15(23-18)11-4-7-13(21)8-5-11/h1-9H. The van der Waals surface area contributed by atoms with Crippen LogP contribution in [0.3, 0.4) is 0 Å². The molecule has 1 heterocycles. The van der Waals surface area contributed by atoms with E-state index in [9.17, 15) is 9.65 Å². The van der Waals surface area contributed by atoms with E-state index < -0.39 is 0 Å². The smallest absolute Gasteiger partial charge is 0.237 e. The van der Waals surface area contributed by atoms with Crippen molar-refractivity contribution < 1.29 is 9.13 Å². The molecule has 0 aliphatic carbocycles. The van der Waals surface area contributed by atoms with Gasteiger partial charge in [0.2, 0.25) is 5.88 Å². The van der Waals surface area contributed by atoms with Gasteiger partial charge in [-0.2, -0.15) is 5.26 Å². The summed E-state index contributed by atoms with van der Waals surface area (Å²) in [6.07, 6.45) is 0. The van der Waals surface area contributed by atoms with Gasteiger partial charge in [-0.15, -0.1) is 0 Å². The van der Waals surface area contributed by atoms with Gasteiger partial charge in [0.05, 0.1) is 10.7 Å². The van der Waals surface area contributed by atoms with E-state index in [-0.39, 0.29) is 22.3 Å². The Morgan fingerprint density at radius 1 is 1.00 bits per heavy atom. The summed E-state index contributed by atoms with van der Waals surface area (Å²) in [7, 11) is 0. The van der Waals surface area contributed by atoms with E-state index in [4.69, 9.17) is 27.9 Å². The van der Waals surface area contributed by atoms with Crippen LogP contribution in [0.1, 0.15) is 5.56 Å². The van der Waals surface area contributed by atoms with Gasteiger partial charge in [0.1, 0.15) is 28.2 Å². The number of halogens is 3. The molecule has 0 atom stereocenters. The monoisotopic (exact) mass is 358 g/mol. The van der Waals surface area contributed by atoms with Crippen molar-refractivity contribution in [2.24, 2.45) is 0 Å². The van der Waals surface area contributed by atoms with Crippen molar-refractivity contribution in [2.45, 2.75) is 0 Å². The number of nitriles is 1. The minimum atomic E-state index is -0.338. The molecule has 3 aromatic rings. The second-order valence-electron chi connectivity index (χ2n) is 4.82. The number of benzene rings is 2. The number of hydrogen-bond acceptors (Lipinski definition) is 3. The van der Waals surface area contributed by atoms with Gasteiger partial charge in [0, 0.05) is 5.56 Å². The minimum Gasteiger partial charge on any atom is -0.436 e. The number of rotatable bonds is 3. The van der Waals surface area contributed by atoms with Crippen LogP contribution < -0.4 is 4.74 Å². The highest BCUT2D eigenvalue weighted by atomic mass is 35.5. The maximum Gasteiger partial charge on any atom is 0.237 e. The maximum atomic E-state index is 13.1. The van der Waals surface area contributed by atoms with Crippen molar-refractivity contribution in [3.05, 3.63) is 76.0 Å². The van der Waals surface area contributed by atoms with E-state index in [0.29, 0.717) is 22.0 Å². The summed E-state index contributed by atoms with van der Waals surface area (Å²) in [4.78, 5) is 4.34. The highest BCUT2D eigenvalue weighted by molar-refractivity contribution is 6.42. The van der Waals surface area contributed by atoms with Crippen LogP contribution in [-0.4, -0.2) is 4.98 Å². The van der Waals surface area contributed by atoms with Crippen molar-refractivity contribution in [1.29, 1.82) is 5.26 Å². The highest BCUT2D eigenvalue weighted by Crippen LogP contribution is 2.35. The van der Waals surface area contributed by atoms with E-state index in [1.807, 2.05) is 6.07 Å². The van der Waals surface area contributed by atoms with Crippen molar-refractivity contribution in [1.82, 2.24) is 4.98 Å². The molecule has 3 rings (SSSR count). The summed E-state index contributed by atoms with van der Waals surface area (Å²) >= 11 is 12.1. The van der Waals surface area contributed by atoms with Crippen LogP contribution in [0.2, 0.25) is 10.0 Å². The number of pyridine rings is 1. The molecule has 0 N–H and O–H groups in total. The number of ether oxygens (including phenoxy) is 1. The van der Waals surface area contributed by atoms with Gasteiger partial charge < -0.3 is 4.74 Å². The molecule has 0 unspecified atom stereocenters. The molecule has 6 heteroatoms. The molecule has 24 heavy (non-hydrogen) atoms. The van der Waals surface area contributed by atoms with E-state index in [0.717, 1.165) is 0 Å². The average molecular weight is 359 g/mol. The fraction of sp³-hybridized carbons (Fsp3) is 0. The third-order valence-electron chi connectivity index (χ3n) is 3.24. The summed E-state index contributed by atoms with van der Waals surface area (Å²) in [5.41, 5.74) is 1.49. The molecule has 2 aromatic carbocycles. The molecule has 1 aromatic heterocycles. The molecule has 0 fully saturated rings. The largest absolute Gasteiger partial charge is 0.436 e. The van der Waals surface area contributed by atoms with Crippen molar-refractivity contribution in [2.75, 3.05) is 0 Å². The quantitative estimate of drug-likeness (QED) is 0.589. The molecular formula is C18H9Cl2FN2O. The first-order valence-corrected chi connectivity index (χ1v) is 7.63. The van der Waals surface area contributed by atoms with Gasteiger partial charge >= 0.3 is 0 Å². The van der Waals surface area contributed by atoms with Crippen molar-refractivity contribution in [3.63, 3.8) is 0 Å². The van der Waals surface area contributed by atoms with Crippen molar-refractivity contribution >= 4 is 23.2 Å². The lowest BCUT2D eigenvalue weighted by Gasteiger charge is -2.10. The SMILES string of the molecule is N#Cc1ccc(-c2ccc(F)cc2)nc1Oc1cccc(Cl)c1Cl. The molecule has 118 valence electrons. The second kappa shape index (κ2) is 6.88. The van der Waals surface area contributed by atoms with E-state index in [2.05, 4.69) is 4.98 Å². The predicted octanol–water partition coefficient (Wildman–Crippen LogP) is 5.86. The van der Waals surface area contributed by atoms with Gasteiger partial charge in [0.15, 0.2) is 0 Å². The van der Waals surface area contributed by atoms with Gasteiger partial charge in [-0.05, 0) is 48.5 Å². The lowest BCUT2D eigenvalue weighted by molar-refractivity contribution is 0.462. The molecule has 0 aliphatic rings. The fourth-order valence-corrected chi connectivity index (χ4v) is 2.38. The van der Waals surface area contributed by atoms with E-state index in [1.54, 1.807) is 42.5 Å². The number of aromatic nitrogens is 1. The zero-order valence-electron chi connectivity index (χ0n) is 12.1. The van der Waals surface area contributed by atoms with Crippen LogP contribution in [0.15, 0.2) is 54.6 Å². The van der Waals surface area contributed by atoms with Gasteiger partial charge in [-0.25, -0.2) is 9.37 Å². The molecule has 0 bridgehead atoms. The van der Waals surface area contributed by atoms with E-state index >= 15 is 0 Å². The molecule has 0 radical (unpaired) electrons. The molecule has 0 spiro atoms. The average Bonchev–Trinajstić information content (AvgIpc) is 2.59. The van der Waals surface area contributed by atoms with Gasteiger partial charge in [-0.3, -0.25) is 0 Å². The Morgan fingerprint density at radius 3 is 2.46 bits per heavy atom. The summed E-state index contributed by atoms with van der Waals surface area (Å²) in [5, 5.41) is 9.81. The van der Waals surface area contributed by atoms with Crippen LogP contribution in [0, 0.1) is 17.1 Å². The first-order chi connectivity index (χ1) is 11.6. The van der Waals surface area contributed by atoms with E-state index in [1.165, 1.54) is 12.1 Å². The maximum absolute atomic E-state index is 13.1. The lowest BCUT2D eigenvalue weighted by atomic mass is 10.1. The Morgan fingerprint density at radius 2 is 1.75 bits per heavy atom. The van der Waals surface area contributed by atoms with Crippen LogP contribution >= 0.6 is 23.2 Å². The Kier molecular flexibility index (Phi) is 4.66. The third kappa shape index (κ3) is 3.33. The molecule has 3 nitrogen and oxygen atoms in total. The van der Waals surface area contributed by atoms with Crippen LogP contribution in [0.25, 0.3) is 11.3 Å². The number of nitrogens with zero attached hydrogens (tertiary/aromatic N) is 2.